The van der Waals surface area contributed by atoms with Crippen LogP contribution in [0.25, 0.3) is 0 Å². The van der Waals surface area contributed by atoms with Gasteiger partial charge in [0.05, 0.1) is 11.3 Å². The van der Waals surface area contributed by atoms with Gasteiger partial charge in [-0.1, -0.05) is 0 Å². The molecule has 3 N–H and O–H groups in total. The second kappa shape index (κ2) is 6.04. The number of Topliss-reactive ketones (excluding diaryl/α,β-unsaturated/α-hetero) is 1. The zero-order valence-electron chi connectivity index (χ0n) is 11.0. The van der Waals surface area contributed by atoms with Gasteiger partial charge in [0.25, 0.3) is 0 Å². The molecule has 0 aliphatic heterocycles. The Labute approximate surface area is 114 Å². The number of nitrogens with one attached hydrogen (secondary N) is 1. The maximum absolute atomic E-state index is 12.6. The second-order valence-electron chi connectivity index (χ2n) is 4.54. The number of hydrogen-bond donors (Lipinski definition) is 2. The fourth-order valence-electron chi connectivity index (χ4n) is 1.66. The molecule has 4 nitrogen and oxygen atoms in total. The van der Waals surface area contributed by atoms with Gasteiger partial charge in [-0.2, -0.15) is 13.2 Å². The molecule has 1 amide bonds. The van der Waals surface area contributed by atoms with Crippen molar-refractivity contribution < 1.29 is 22.8 Å². The maximum atomic E-state index is 12.6. The number of ketones is 1. The number of rotatable bonds is 4. The predicted octanol–water partition coefficient (Wildman–Crippen LogP) is 2.58. The van der Waals surface area contributed by atoms with Crippen LogP contribution in [0.4, 0.5) is 18.9 Å². The van der Waals surface area contributed by atoms with Crippen LogP contribution in [-0.4, -0.2) is 17.7 Å². The van der Waals surface area contributed by atoms with E-state index >= 15 is 0 Å². The summed E-state index contributed by atoms with van der Waals surface area (Å²) in [6, 6.07) is 2.18. The number of carbonyl (C=O) groups excluding carboxylic acids is 2. The third kappa shape index (κ3) is 4.34. The molecular formula is C13H15F3N2O2. The monoisotopic (exact) mass is 288 g/mol. The Balaban J connectivity index is 3.23. The van der Waals surface area contributed by atoms with E-state index in [2.05, 4.69) is 5.32 Å². The van der Waals surface area contributed by atoms with Crippen LogP contribution in [0, 0.1) is 0 Å². The van der Waals surface area contributed by atoms with Crippen molar-refractivity contribution in [3.05, 3.63) is 29.3 Å². The lowest BCUT2D eigenvalue weighted by molar-refractivity contribution is -0.137. The molecule has 7 heteroatoms. The predicted molar refractivity (Wildman–Crippen MR) is 68.3 cm³/mol. The van der Waals surface area contributed by atoms with Crippen LogP contribution in [0.1, 0.15) is 36.2 Å². The molecular weight excluding hydrogens is 273 g/mol. The Morgan fingerprint density at radius 3 is 2.40 bits per heavy atom. The average Bonchev–Trinajstić information content (AvgIpc) is 2.25. The Hall–Kier alpha value is -1.89. The number of benzene rings is 1. The summed E-state index contributed by atoms with van der Waals surface area (Å²) in [7, 11) is 0. The summed E-state index contributed by atoms with van der Waals surface area (Å²) in [5.74, 6) is -0.975. The standard InChI is InChI=1S/C13H15F3N2O2/c1-7(17)5-12(20)10-4-3-9(13(14,15)16)6-11(10)18-8(2)19/h3-4,6-7H,5,17H2,1-2H3,(H,18,19). The minimum atomic E-state index is -4.55. The zero-order valence-corrected chi connectivity index (χ0v) is 11.0. The van der Waals surface area contributed by atoms with Crippen LogP contribution in [0.3, 0.4) is 0 Å². The second-order valence-corrected chi connectivity index (χ2v) is 4.54. The van der Waals surface area contributed by atoms with Gasteiger partial charge in [0, 0.05) is 24.9 Å². The summed E-state index contributed by atoms with van der Waals surface area (Å²) in [4.78, 5) is 22.9. The molecule has 0 saturated heterocycles. The smallest absolute Gasteiger partial charge is 0.328 e. The Bertz CT molecular complexity index is 525. The van der Waals surface area contributed by atoms with Crippen molar-refractivity contribution in [3.8, 4) is 0 Å². The van der Waals surface area contributed by atoms with E-state index in [-0.39, 0.29) is 17.7 Å². The van der Waals surface area contributed by atoms with Gasteiger partial charge in [-0.25, -0.2) is 0 Å². The topological polar surface area (TPSA) is 72.2 Å². The third-order valence-corrected chi connectivity index (χ3v) is 2.47. The number of anilines is 1. The van der Waals surface area contributed by atoms with E-state index in [1.807, 2.05) is 0 Å². The highest BCUT2D eigenvalue weighted by atomic mass is 19.4. The van der Waals surface area contributed by atoms with Crippen molar-refractivity contribution >= 4 is 17.4 Å². The number of carbonyl (C=O) groups is 2. The summed E-state index contributed by atoms with van der Waals surface area (Å²) in [6.07, 6.45) is -4.56. The third-order valence-electron chi connectivity index (χ3n) is 2.47. The van der Waals surface area contributed by atoms with E-state index in [0.29, 0.717) is 0 Å². The van der Waals surface area contributed by atoms with Crippen LogP contribution >= 0.6 is 0 Å². The van der Waals surface area contributed by atoms with E-state index in [9.17, 15) is 22.8 Å². The molecule has 0 radical (unpaired) electrons. The summed E-state index contributed by atoms with van der Waals surface area (Å²) in [6.45, 7) is 2.76. The minimum Gasteiger partial charge on any atom is -0.328 e. The molecule has 0 fully saturated rings. The van der Waals surface area contributed by atoms with Crippen molar-refractivity contribution in [1.82, 2.24) is 0 Å². The molecule has 1 unspecified atom stereocenters. The van der Waals surface area contributed by atoms with E-state index in [1.165, 1.54) is 0 Å². The van der Waals surface area contributed by atoms with Crippen LogP contribution in [0.5, 0.6) is 0 Å². The fourth-order valence-corrected chi connectivity index (χ4v) is 1.66. The van der Waals surface area contributed by atoms with Gasteiger partial charge in [0.2, 0.25) is 5.91 Å². The largest absolute Gasteiger partial charge is 0.416 e. The van der Waals surface area contributed by atoms with E-state index < -0.39 is 29.5 Å². The first-order chi connectivity index (χ1) is 9.11. The van der Waals surface area contributed by atoms with Crippen molar-refractivity contribution in [2.45, 2.75) is 32.5 Å². The molecule has 20 heavy (non-hydrogen) atoms. The minimum absolute atomic E-state index is 0.0159. The van der Waals surface area contributed by atoms with E-state index in [0.717, 1.165) is 25.1 Å². The van der Waals surface area contributed by atoms with Gasteiger partial charge in [-0.3, -0.25) is 9.59 Å². The van der Waals surface area contributed by atoms with E-state index in [1.54, 1.807) is 6.92 Å². The highest BCUT2D eigenvalue weighted by Gasteiger charge is 2.31. The fraction of sp³-hybridized carbons (Fsp3) is 0.385. The van der Waals surface area contributed by atoms with Gasteiger partial charge < -0.3 is 11.1 Å². The Morgan fingerprint density at radius 1 is 1.35 bits per heavy atom. The van der Waals surface area contributed by atoms with Gasteiger partial charge in [0.15, 0.2) is 5.78 Å². The first-order valence-electron chi connectivity index (χ1n) is 5.89. The molecule has 0 heterocycles. The highest BCUT2D eigenvalue weighted by Crippen LogP contribution is 2.32. The normalized spacial score (nSPS) is 12.9. The highest BCUT2D eigenvalue weighted by molar-refractivity contribution is 6.04. The molecule has 0 saturated carbocycles. The number of nitrogens with two attached hydrogens (primary N) is 1. The van der Waals surface area contributed by atoms with Crippen LogP contribution < -0.4 is 11.1 Å². The quantitative estimate of drug-likeness (QED) is 0.836. The summed E-state index contributed by atoms with van der Waals surface area (Å²) < 4.78 is 37.9. The number of halogens is 3. The van der Waals surface area contributed by atoms with Gasteiger partial charge in [-0.15, -0.1) is 0 Å². The Kier molecular flexibility index (Phi) is 4.88. The van der Waals surface area contributed by atoms with Gasteiger partial charge in [0.1, 0.15) is 0 Å². The van der Waals surface area contributed by atoms with Crippen molar-refractivity contribution in [2.75, 3.05) is 5.32 Å². The van der Waals surface area contributed by atoms with E-state index in [4.69, 9.17) is 5.73 Å². The molecule has 0 aliphatic carbocycles. The van der Waals surface area contributed by atoms with Gasteiger partial charge in [-0.05, 0) is 25.1 Å². The van der Waals surface area contributed by atoms with Crippen molar-refractivity contribution in [2.24, 2.45) is 5.73 Å². The molecule has 0 aliphatic rings. The molecule has 1 rings (SSSR count). The van der Waals surface area contributed by atoms with Crippen LogP contribution in [0.15, 0.2) is 18.2 Å². The lowest BCUT2D eigenvalue weighted by Crippen LogP contribution is -2.21. The van der Waals surface area contributed by atoms with Gasteiger partial charge >= 0.3 is 6.18 Å². The Morgan fingerprint density at radius 2 is 1.95 bits per heavy atom. The van der Waals surface area contributed by atoms with Crippen molar-refractivity contribution in [1.29, 1.82) is 0 Å². The van der Waals surface area contributed by atoms with Crippen LogP contribution in [-0.2, 0) is 11.0 Å². The molecule has 1 aromatic carbocycles. The molecule has 1 atom stereocenters. The molecule has 0 spiro atoms. The summed E-state index contributed by atoms with van der Waals surface area (Å²) in [5.41, 5.74) is 4.43. The first kappa shape index (κ1) is 16.2. The molecule has 110 valence electrons. The maximum Gasteiger partial charge on any atom is 0.416 e. The molecule has 0 aromatic heterocycles. The summed E-state index contributed by atoms with van der Waals surface area (Å²) in [5, 5.41) is 2.24. The number of amides is 1. The average molecular weight is 288 g/mol. The number of alkyl halides is 3. The SMILES string of the molecule is CC(=O)Nc1cc(C(F)(F)F)ccc1C(=O)CC(C)N. The lowest BCUT2D eigenvalue weighted by atomic mass is 10.0. The summed E-state index contributed by atoms with van der Waals surface area (Å²) >= 11 is 0. The lowest BCUT2D eigenvalue weighted by Gasteiger charge is -2.14. The van der Waals surface area contributed by atoms with Crippen molar-refractivity contribution in [3.63, 3.8) is 0 Å². The zero-order chi connectivity index (χ0) is 15.5. The molecule has 0 bridgehead atoms. The molecule has 1 aromatic rings. The number of hydrogen-bond acceptors (Lipinski definition) is 3. The first-order valence-corrected chi connectivity index (χ1v) is 5.89. The van der Waals surface area contributed by atoms with Crippen LogP contribution in [0.2, 0.25) is 0 Å².